The summed E-state index contributed by atoms with van der Waals surface area (Å²) in [6.07, 6.45) is -0.640. The summed E-state index contributed by atoms with van der Waals surface area (Å²) in [5, 5.41) is 13.7. The summed E-state index contributed by atoms with van der Waals surface area (Å²) in [6.45, 7) is -0.270. The minimum absolute atomic E-state index is 0.0522. The van der Waals surface area contributed by atoms with Gasteiger partial charge in [-0.2, -0.15) is 0 Å². The zero-order chi connectivity index (χ0) is 13.0. The molecule has 1 aromatic rings. The fraction of sp³-hybridized carbons (Fsp3) is 0.273. The van der Waals surface area contributed by atoms with Crippen molar-refractivity contribution in [3.8, 4) is 0 Å². The van der Waals surface area contributed by atoms with Gasteiger partial charge in [-0.25, -0.2) is 4.79 Å². The molecular formula is C11H12N2O4S. The van der Waals surface area contributed by atoms with Crippen LogP contribution < -0.4 is 10.6 Å². The van der Waals surface area contributed by atoms with Crippen LogP contribution in [-0.2, 0) is 9.53 Å². The highest BCUT2D eigenvalue weighted by Crippen LogP contribution is 2.33. The zero-order valence-electron chi connectivity index (χ0n) is 9.43. The maximum atomic E-state index is 11.3. The lowest BCUT2D eigenvalue weighted by Gasteiger charge is -2.17. The molecule has 0 unspecified atom stereocenters. The third-order valence-corrected chi connectivity index (χ3v) is 3.26. The number of aliphatic hydroxyl groups excluding tert-OH is 1. The summed E-state index contributed by atoms with van der Waals surface area (Å²) in [7, 11) is 0. The van der Waals surface area contributed by atoms with E-state index in [4.69, 9.17) is 5.11 Å². The van der Waals surface area contributed by atoms with Gasteiger partial charge in [-0.1, -0.05) is 0 Å². The van der Waals surface area contributed by atoms with E-state index in [9.17, 15) is 9.59 Å². The molecule has 2 amide bonds. The molecular weight excluding hydrogens is 256 g/mol. The molecule has 3 N–H and O–H groups in total. The van der Waals surface area contributed by atoms with Gasteiger partial charge in [0.25, 0.3) is 0 Å². The number of nitrogens with one attached hydrogen (secondary N) is 2. The summed E-state index contributed by atoms with van der Waals surface area (Å²) in [4.78, 5) is 23.5. The average Bonchev–Trinajstić information content (AvgIpc) is 2.36. The van der Waals surface area contributed by atoms with Gasteiger partial charge in [-0.3, -0.25) is 10.1 Å². The molecule has 1 aromatic carbocycles. The van der Waals surface area contributed by atoms with E-state index in [0.717, 1.165) is 4.90 Å². The van der Waals surface area contributed by atoms with Gasteiger partial charge in [-0.15, -0.1) is 11.8 Å². The second-order valence-electron chi connectivity index (χ2n) is 3.53. The third-order valence-electron chi connectivity index (χ3n) is 2.18. The van der Waals surface area contributed by atoms with Crippen LogP contribution in [0.1, 0.15) is 0 Å². The van der Waals surface area contributed by atoms with E-state index >= 15 is 0 Å². The maximum Gasteiger partial charge on any atom is 0.411 e. The van der Waals surface area contributed by atoms with Crippen LogP contribution in [0.2, 0.25) is 0 Å². The average molecular weight is 268 g/mol. The Bertz CT molecular complexity index is 478. The number of amides is 2. The molecule has 0 aliphatic carbocycles. The molecule has 0 radical (unpaired) electrons. The van der Waals surface area contributed by atoms with Gasteiger partial charge in [0.05, 0.1) is 18.0 Å². The van der Waals surface area contributed by atoms with Crippen LogP contribution in [0.5, 0.6) is 0 Å². The first-order chi connectivity index (χ1) is 8.69. The molecule has 7 heteroatoms. The number of benzene rings is 1. The molecule has 0 aromatic heterocycles. The molecule has 96 valence electrons. The van der Waals surface area contributed by atoms with E-state index in [1.807, 2.05) is 6.07 Å². The Hall–Kier alpha value is -1.73. The van der Waals surface area contributed by atoms with Crippen molar-refractivity contribution in [2.24, 2.45) is 0 Å². The summed E-state index contributed by atoms with van der Waals surface area (Å²) >= 11 is 1.45. The van der Waals surface area contributed by atoms with Gasteiger partial charge < -0.3 is 15.2 Å². The van der Waals surface area contributed by atoms with Gasteiger partial charge in [-0.05, 0) is 18.2 Å². The van der Waals surface area contributed by atoms with E-state index in [1.54, 1.807) is 12.1 Å². The monoisotopic (exact) mass is 268 g/mol. The lowest BCUT2D eigenvalue weighted by Crippen LogP contribution is -2.19. The van der Waals surface area contributed by atoms with Gasteiger partial charge in [0.2, 0.25) is 5.91 Å². The van der Waals surface area contributed by atoms with Crippen LogP contribution in [0.15, 0.2) is 23.1 Å². The van der Waals surface area contributed by atoms with Crippen molar-refractivity contribution in [1.29, 1.82) is 0 Å². The van der Waals surface area contributed by atoms with Crippen molar-refractivity contribution in [3.63, 3.8) is 0 Å². The first kappa shape index (κ1) is 12.7. The number of anilines is 2. The molecule has 1 aliphatic heterocycles. The van der Waals surface area contributed by atoms with E-state index in [2.05, 4.69) is 15.4 Å². The van der Waals surface area contributed by atoms with Crippen molar-refractivity contribution >= 4 is 35.1 Å². The van der Waals surface area contributed by atoms with Crippen LogP contribution in [0, 0.1) is 0 Å². The fourth-order valence-corrected chi connectivity index (χ4v) is 2.24. The quantitative estimate of drug-likeness (QED) is 0.768. The summed E-state index contributed by atoms with van der Waals surface area (Å²) < 4.78 is 4.67. The second kappa shape index (κ2) is 5.74. The van der Waals surface area contributed by atoms with Crippen molar-refractivity contribution in [3.05, 3.63) is 18.2 Å². The highest BCUT2D eigenvalue weighted by molar-refractivity contribution is 8.00. The topological polar surface area (TPSA) is 87.7 Å². The number of carbonyl (C=O) groups is 2. The SMILES string of the molecule is O=C1CSc2ccc(NC(=O)OCCO)cc2N1. The van der Waals surface area contributed by atoms with Gasteiger partial charge in [0.1, 0.15) is 6.61 Å². The summed E-state index contributed by atoms with van der Waals surface area (Å²) in [5.41, 5.74) is 1.20. The van der Waals surface area contributed by atoms with Gasteiger partial charge in [0.15, 0.2) is 0 Å². The van der Waals surface area contributed by atoms with Crippen LogP contribution >= 0.6 is 11.8 Å². The summed E-state index contributed by atoms with van der Waals surface area (Å²) in [6, 6.07) is 5.21. The van der Waals surface area contributed by atoms with Crippen molar-refractivity contribution in [2.45, 2.75) is 4.90 Å². The Balaban J connectivity index is 2.04. The molecule has 0 fully saturated rings. The van der Waals surface area contributed by atoms with E-state index in [-0.39, 0.29) is 19.1 Å². The highest BCUT2D eigenvalue weighted by Gasteiger charge is 2.15. The number of fused-ring (bicyclic) bond motifs is 1. The smallest absolute Gasteiger partial charge is 0.411 e. The van der Waals surface area contributed by atoms with Crippen LogP contribution in [0.25, 0.3) is 0 Å². The Morgan fingerprint density at radius 2 is 2.39 bits per heavy atom. The van der Waals surface area contributed by atoms with Gasteiger partial charge in [0, 0.05) is 10.6 Å². The Kier molecular flexibility index (Phi) is 4.06. The zero-order valence-corrected chi connectivity index (χ0v) is 10.3. The lowest BCUT2D eigenvalue weighted by molar-refractivity contribution is -0.113. The number of hydrogen-bond acceptors (Lipinski definition) is 5. The number of thioether (sulfide) groups is 1. The van der Waals surface area contributed by atoms with Crippen LogP contribution in [-0.4, -0.2) is 36.1 Å². The third kappa shape index (κ3) is 3.14. The predicted octanol–water partition coefficient (Wildman–Crippen LogP) is 1.27. The first-order valence-corrected chi connectivity index (χ1v) is 6.29. The number of hydrogen-bond donors (Lipinski definition) is 3. The normalized spacial score (nSPS) is 13.5. The number of carbonyl (C=O) groups excluding carboxylic acids is 2. The van der Waals surface area contributed by atoms with Crippen LogP contribution in [0.3, 0.4) is 0 Å². The molecule has 0 bridgehead atoms. The number of aliphatic hydroxyl groups is 1. The lowest BCUT2D eigenvalue weighted by atomic mass is 10.2. The van der Waals surface area contributed by atoms with E-state index in [1.165, 1.54) is 11.8 Å². The second-order valence-corrected chi connectivity index (χ2v) is 4.55. The fourth-order valence-electron chi connectivity index (χ4n) is 1.45. The minimum atomic E-state index is -0.640. The molecule has 0 atom stereocenters. The van der Waals surface area contributed by atoms with Crippen molar-refractivity contribution in [1.82, 2.24) is 0 Å². The number of ether oxygens (including phenoxy) is 1. The molecule has 18 heavy (non-hydrogen) atoms. The molecule has 1 heterocycles. The highest BCUT2D eigenvalue weighted by atomic mass is 32.2. The van der Waals surface area contributed by atoms with Crippen LogP contribution in [0.4, 0.5) is 16.2 Å². The predicted molar refractivity (Wildman–Crippen MR) is 67.9 cm³/mol. The van der Waals surface area contributed by atoms with Gasteiger partial charge >= 0.3 is 6.09 Å². The van der Waals surface area contributed by atoms with Crippen molar-refractivity contribution < 1.29 is 19.4 Å². The molecule has 6 nitrogen and oxygen atoms in total. The molecule has 0 saturated carbocycles. The standard InChI is InChI=1S/C11H12N2O4S/c14-3-4-17-11(16)12-7-1-2-9-8(5-7)13-10(15)6-18-9/h1-2,5,14H,3-4,6H2,(H,12,16)(H,13,15). The van der Waals surface area contributed by atoms with E-state index in [0.29, 0.717) is 17.1 Å². The molecule has 1 aliphatic rings. The summed E-state index contributed by atoms with van der Waals surface area (Å²) in [5.74, 6) is 0.339. The Morgan fingerprint density at radius 3 is 3.17 bits per heavy atom. The minimum Gasteiger partial charge on any atom is -0.447 e. The molecule has 0 spiro atoms. The number of rotatable bonds is 3. The largest absolute Gasteiger partial charge is 0.447 e. The maximum absolute atomic E-state index is 11.3. The molecule has 2 rings (SSSR count). The Morgan fingerprint density at radius 1 is 1.56 bits per heavy atom. The molecule has 0 saturated heterocycles. The van der Waals surface area contributed by atoms with Crippen molar-refractivity contribution in [2.75, 3.05) is 29.6 Å². The first-order valence-electron chi connectivity index (χ1n) is 5.30. The Labute approximate surface area is 108 Å². The van der Waals surface area contributed by atoms with E-state index < -0.39 is 6.09 Å².